The van der Waals surface area contributed by atoms with Crippen LogP contribution in [-0.4, -0.2) is 37.2 Å². The van der Waals surface area contributed by atoms with E-state index in [-0.39, 0.29) is 31.1 Å². The molecule has 0 fully saturated rings. The molecular formula is C67H122O6. The fourth-order valence-corrected chi connectivity index (χ4v) is 9.56. The van der Waals surface area contributed by atoms with Crippen LogP contribution in [0.25, 0.3) is 0 Å². The zero-order chi connectivity index (χ0) is 52.9. The first kappa shape index (κ1) is 70.4. The SMILES string of the molecule is CC/C=C\C/C=C\C/C=C\C/C=C\CCCCCCCCC(=O)OC(COC(=O)CCCCCCCCCCC)COC(=O)CCCCCCCCCCCCCCCCCCCCCCCCCCCCC. The van der Waals surface area contributed by atoms with Gasteiger partial charge in [0.15, 0.2) is 6.10 Å². The van der Waals surface area contributed by atoms with E-state index >= 15 is 0 Å². The molecule has 0 aliphatic heterocycles. The van der Waals surface area contributed by atoms with Gasteiger partial charge in [0, 0.05) is 19.3 Å². The van der Waals surface area contributed by atoms with Crippen molar-refractivity contribution in [1.29, 1.82) is 0 Å². The van der Waals surface area contributed by atoms with E-state index in [4.69, 9.17) is 14.2 Å². The number of hydrogen-bond donors (Lipinski definition) is 0. The highest BCUT2D eigenvalue weighted by Crippen LogP contribution is 2.18. The smallest absolute Gasteiger partial charge is 0.306 e. The molecule has 0 amide bonds. The van der Waals surface area contributed by atoms with Crippen molar-refractivity contribution >= 4 is 17.9 Å². The van der Waals surface area contributed by atoms with Crippen LogP contribution in [-0.2, 0) is 28.6 Å². The van der Waals surface area contributed by atoms with Gasteiger partial charge in [-0.05, 0) is 57.8 Å². The Morgan fingerprint density at radius 2 is 0.534 bits per heavy atom. The first-order valence-corrected chi connectivity index (χ1v) is 32.1. The molecule has 0 aliphatic rings. The Balaban J connectivity index is 4.14. The summed E-state index contributed by atoms with van der Waals surface area (Å²) < 4.78 is 16.9. The van der Waals surface area contributed by atoms with Crippen LogP contribution in [0.1, 0.15) is 342 Å². The topological polar surface area (TPSA) is 78.9 Å². The fourth-order valence-electron chi connectivity index (χ4n) is 9.56. The highest BCUT2D eigenvalue weighted by Gasteiger charge is 2.19. The number of hydrogen-bond acceptors (Lipinski definition) is 6. The average Bonchev–Trinajstić information content (AvgIpc) is 3.39. The Labute approximate surface area is 454 Å². The van der Waals surface area contributed by atoms with Gasteiger partial charge in [0.2, 0.25) is 0 Å². The van der Waals surface area contributed by atoms with Crippen molar-refractivity contribution in [3.8, 4) is 0 Å². The molecule has 0 spiro atoms. The predicted octanol–water partition coefficient (Wildman–Crippen LogP) is 21.8. The standard InChI is InChI=1S/C67H122O6/c1-4-7-10-13-16-19-21-23-25-27-29-30-31-32-33-34-35-36-38-39-41-43-45-48-51-54-57-60-66(69)72-63-64(62-71-65(68)59-56-53-50-47-18-15-12-9-6-3)73-67(70)61-58-55-52-49-46-44-42-40-37-28-26-24-22-20-17-14-11-8-5-2/h8,11,17,20,24,26,37,40,64H,4-7,9-10,12-16,18-19,21-23,25,27-36,38-39,41-63H2,1-3H3/b11-8-,20-17-,26-24-,40-37-. The monoisotopic (exact) mass is 1020 g/mol. The first-order valence-electron chi connectivity index (χ1n) is 32.1. The molecule has 0 aliphatic carbocycles. The van der Waals surface area contributed by atoms with Gasteiger partial charge in [-0.25, -0.2) is 0 Å². The molecule has 426 valence electrons. The maximum Gasteiger partial charge on any atom is 0.306 e. The van der Waals surface area contributed by atoms with Crippen molar-refractivity contribution in [1.82, 2.24) is 0 Å². The van der Waals surface area contributed by atoms with Crippen LogP contribution in [0.2, 0.25) is 0 Å². The van der Waals surface area contributed by atoms with Gasteiger partial charge < -0.3 is 14.2 Å². The third kappa shape index (κ3) is 60.1. The Morgan fingerprint density at radius 3 is 0.836 bits per heavy atom. The summed E-state index contributed by atoms with van der Waals surface area (Å²) >= 11 is 0. The predicted molar refractivity (Wildman–Crippen MR) is 316 cm³/mol. The van der Waals surface area contributed by atoms with E-state index in [0.717, 1.165) is 96.3 Å². The maximum atomic E-state index is 12.9. The van der Waals surface area contributed by atoms with Crippen LogP contribution in [0.4, 0.5) is 0 Å². The molecule has 73 heavy (non-hydrogen) atoms. The lowest BCUT2D eigenvalue weighted by molar-refractivity contribution is -0.167. The summed E-state index contributed by atoms with van der Waals surface area (Å²) in [6.45, 7) is 6.55. The van der Waals surface area contributed by atoms with E-state index < -0.39 is 6.10 Å². The van der Waals surface area contributed by atoms with Crippen molar-refractivity contribution in [3.05, 3.63) is 48.6 Å². The van der Waals surface area contributed by atoms with Crippen LogP contribution in [0, 0.1) is 0 Å². The fraction of sp³-hybridized carbons (Fsp3) is 0.836. The lowest BCUT2D eigenvalue weighted by atomic mass is 10.0. The molecular weight excluding hydrogens is 901 g/mol. The summed E-state index contributed by atoms with van der Waals surface area (Å²) in [5.74, 6) is -0.873. The number of rotatable bonds is 59. The van der Waals surface area contributed by atoms with E-state index in [1.54, 1.807) is 0 Å². The lowest BCUT2D eigenvalue weighted by Crippen LogP contribution is -2.30. The molecule has 0 heterocycles. The van der Waals surface area contributed by atoms with Crippen LogP contribution < -0.4 is 0 Å². The lowest BCUT2D eigenvalue weighted by Gasteiger charge is -2.18. The van der Waals surface area contributed by atoms with Gasteiger partial charge in [-0.15, -0.1) is 0 Å². The molecule has 0 rings (SSSR count). The third-order valence-corrected chi connectivity index (χ3v) is 14.3. The molecule has 6 heteroatoms. The van der Waals surface area contributed by atoms with Crippen LogP contribution in [0.5, 0.6) is 0 Å². The summed E-state index contributed by atoms with van der Waals surface area (Å²) in [6, 6.07) is 0. The van der Waals surface area contributed by atoms with Crippen LogP contribution in [0.3, 0.4) is 0 Å². The summed E-state index contributed by atoms with van der Waals surface area (Å²) in [6.07, 6.45) is 77.1. The Bertz CT molecular complexity index is 1270. The van der Waals surface area contributed by atoms with Gasteiger partial charge in [0.25, 0.3) is 0 Å². The third-order valence-electron chi connectivity index (χ3n) is 14.3. The van der Waals surface area contributed by atoms with Crippen LogP contribution in [0.15, 0.2) is 48.6 Å². The normalized spacial score (nSPS) is 12.3. The zero-order valence-corrected chi connectivity index (χ0v) is 48.9. The quantitative estimate of drug-likeness (QED) is 0.0261. The minimum absolute atomic E-state index is 0.0747. The van der Waals surface area contributed by atoms with Crippen molar-refractivity contribution in [2.45, 2.75) is 348 Å². The molecule has 6 nitrogen and oxygen atoms in total. The second-order valence-corrected chi connectivity index (χ2v) is 21.7. The van der Waals surface area contributed by atoms with E-state index in [2.05, 4.69) is 69.4 Å². The summed E-state index contributed by atoms with van der Waals surface area (Å²) in [5, 5.41) is 0. The molecule has 0 bridgehead atoms. The number of unbranched alkanes of at least 4 members (excludes halogenated alkanes) is 40. The number of allylic oxidation sites excluding steroid dienone is 8. The van der Waals surface area contributed by atoms with Gasteiger partial charge in [-0.2, -0.15) is 0 Å². The van der Waals surface area contributed by atoms with Gasteiger partial charge >= 0.3 is 17.9 Å². The van der Waals surface area contributed by atoms with Gasteiger partial charge in [-0.3, -0.25) is 14.4 Å². The minimum atomic E-state index is -0.777. The molecule has 0 aromatic carbocycles. The summed E-state index contributed by atoms with van der Waals surface area (Å²) in [4.78, 5) is 38.2. The Kier molecular flexibility index (Phi) is 59.7. The van der Waals surface area contributed by atoms with Gasteiger partial charge in [0.05, 0.1) is 0 Å². The second-order valence-electron chi connectivity index (χ2n) is 21.7. The molecule has 0 N–H and O–H groups in total. The number of carbonyl (C=O) groups excluding carboxylic acids is 3. The van der Waals surface area contributed by atoms with E-state index in [9.17, 15) is 14.4 Å². The highest BCUT2D eigenvalue weighted by atomic mass is 16.6. The molecule has 0 radical (unpaired) electrons. The number of carbonyl (C=O) groups is 3. The summed E-state index contributed by atoms with van der Waals surface area (Å²) in [7, 11) is 0. The number of ether oxygens (including phenoxy) is 3. The van der Waals surface area contributed by atoms with Crippen molar-refractivity contribution < 1.29 is 28.6 Å². The van der Waals surface area contributed by atoms with E-state index in [1.807, 2.05) is 0 Å². The van der Waals surface area contributed by atoms with Crippen molar-refractivity contribution in [2.24, 2.45) is 0 Å². The second kappa shape index (κ2) is 61.9. The largest absolute Gasteiger partial charge is 0.462 e. The number of esters is 3. The zero-order valence-electron chi connectivity index (χ0n) is 48.9. The Hall–Kier alpha value is -2.63. The highest BCUT2D eigenvalue weighted by molar-refractivity contribution is 5.71. The molecule has 0 saturated heterocycles. The first-order chi connectivity index (χ1) is 36.0. The average molecular weight is 1020 g/mol. The molecule has 1 unspecified atom stereocenters. The van der Waals surface area contributed by atoms with Gasteiger partial charge in [-0.1, -0.05) is 313 Å². The molecule has 0 aromatic rings. The van der Waals surface area contributed by atoms with E-state index in [0.29, 0.717) is 19.3 Å². The minimum Gasteiger partial charge on any atom is -0.462 e. The van der Waals surface area contributed by atoms with Crippen molar-refractivity contribution in [3.63, 3.8) is 0 Å². The molecule has 0 saturated carbocycles. The molecule has 0 aromatic heterocycles. The Morgan fingerprint density at radius 1 is 0.288 bits per heavy atom. The van der Waals surface area contributed by atoms with Gasteiger partial charge in [0.1, 0.15) is 13.2 Å². The molecule has 1 atom stereocenters. The summed E-state index contributed by atoms with van der Waals surface area (Å²) in [5.41, 5.74) is 0. The van der Waals surface area contributed by atoms with Crippen molar-refractivity contribution in [2.75, 3.05) is 13.2 Å². The van der Waals surface area contributed by atoms with E-state index in [1.165, 1.54) is 205 Å². The maximum absolute atomic E-state index is 12.9. The van der Waals surface area contributed by atoms with Crippen LogP contribution >= 0.6 is 0 Å².